The average Bonchev–Trinajstić information content (AvgIpc) is 3.16. The lowest BCUT2D eigenvalue weighted by molar-refractivity contribution is 0.392. The van der Waals surface area contributed by atoms with Crippen LogP contribution in [0.5, 0.6) is 0 Å². The van der Waals surface area contributed by atoms with Crippen molar-refractivity contribution < 1.29 is 4.39 Å². The minimum absolute atomic E-state index is 0.155. The Bertz CT molecular complexity index is 919. The maximum Gasteiger partial charge on any atom is 0.138 e. The third kappa shape index (κ3) is 3.24. The van der Waals surface area contributed by atoms with Crippen LogP contribution in [-0.4, -0.2) is 29.0 Å². The van der Waals surface area contributed by atoms with Crippen molar-refractivity contribution in [2.24, 2.45) is 0 Å². The van der Waals surface area contributed by atoms with E-state index in [1.54, 1.807) is 23.7 Å². The largest absolute Gasteiger partial charge is 0.365 e. The Hall–Kier alpha value is -2.05. The lowest BCUT2D eigenvalue weighted by Crippen LogP contribution is -2.12. The standard InChI is InChI=1S/C19H21FN4S/c1-24(2)10-13-8-12(6-7-15(13)20)9-21-18-17-14-4-3-5-16(14)25-19(17)23-11-22-18/h6-8,11H,3-5,9-10H2,1-2H3,(H,21,22,23). The first-order chi connectivity index (χ1) is 12.1. The molecular formula is C19H21FN4S. The summed E-state index contributed by atoms with van der Waals surface area (Å²) in [7, 11) is 3.89. The van der Waals surface area contributed by atoms with Crippen molar-refractivity contribution in [2.75, 3.05) is 19.4 Å². The van der Waals surface area contributed by atoms with Crippen LogP contribution in [0.2, 0.25) is 0 Å². The van der Waals surface area contributed by atoms with Gasteiger partial charge < -0.3 is 10.2 Å². The molecule has 1 N–H and O–H groups in total. The van der Waals surface area contributed by atoms with Crippen LogP contribution in [0.15, 0.2) is 24.5 Å². The second-order valence-corrected chi connectivity index (χ2v) is 7.86. The van der Waals surface area contributed by atoms with Crippen molar-refractivity contribution in [3.63, 3.8) is 0 Å². The van der Waals surface area contributed by atoms with Gasteiger partial charge in [-0.15, -0.1) is 11.3 Å². The molecule has 4 nitrogen and oxygen atoms in total. The molecule has 0 unspecified atom stereocenters. The predicted octanol–water partition coefficient (Wildman–Crippen LogP) is 3.99. The van der Waals surface area contributed by atoms with E-state index in [0.717, 1.165) is 29.1 Å². The molecule has 1 aromatic carbocycles. The van der Waals surface area contributed by atoms with Gasteiger partial charge in [0.15, 0.2) is 0 Å². The highest BCUT2D eigenvalue weighted by Crippen LogP contribution is 2.39. The maximum absolute atomic E-state index is 13.9. The number of nitrogens with zero attached hydrogens (tertiary/aromatic N) is 3. The number of hydrogen-bond acceptors (Lipinski definition) is 5. The van der Waals surface area contributed by atoms with Crippen LogP contribution in [0.25, 0.3) is 10.2 Å². The number of benzene rings is 1. The Morgan fingerprint density at radius 3 is 2.96 bits per heavy atom. The van der Waals surface area contributed by atoms with E-state index in [2.05, 4.69) is 15.3 Å². The normalized spacial score (nSPS) is 13.6. The number of halogens is 1. The van der Waals surface area contributed by atoms with Crippen molar-refractivity contribution >= 4 is 27.4 Å². The van der Waals surface area contributed by atoms with Crippen LogP contribution in [0.1, 0.15) is 28.0 Å². The van der Waals surface area contributed by atoms with E-state index in [4.69, 9.17) is 0 Å². The molecule has 0 saturated heterocycles. The first-order valence-corrected chi connectivity index (χ1v) is 9.34. The molecule has 2 heterocycles. The molecule has 0 atom stereocenters. The van der Waals surface area contributed by atoms with Crippen LogP contribution in [0.4, 0.5) is 10.2 Å². The minimum Gasteiger partial charge on any atom is -0.365 e. The van der Waals surface area contributed by atoms with Gasteiger partial charge in [-0.05, 0) is 56.6 Å². The van der Waals surface area contributed by atoms with E-state index >= 15 is 0 Å². The summed E-state index contributed by atoms with van der Waals surface area (Å²) in [6.07, 6.45) is 5.11. The summed E-state index contributed by atoms with van der Waals surface area (Å²) < 4.78 is 13.9. The number of aryl methyl sites for hydroxylation is 2. The summed E-state index contributed by atoms with van der Waals surface area (Å²) in [4.78, 5) is 13.4. The summed E-state index contributed by atoms with van der Waals surface area (Å²) in [5.74, 6) is 0.736. The Kier molecular flexibility index (Phi) is 4.39. The fraction of sp³-hybridized carbons (Fsp3) is 0.368. The Balaban J connectivity index is 1.59. The van der Waals surface area contributed by atoms with Gasteiger partial charge in [0, 0.05) is 23.5 Å². The van der Waals surface area contributed by atoms with Gasteiger partial charge in [0.05, 0.1) is 5.39 Å². The second-order valence-electron chi connectivity index (χ2n) is 6.78. The molecule has 0 bridgehead atoms. The van der Waals surface area contributed by atoms with E-state index in [0.29, 0.717) is 18.7 Å². The summed E-state index contributed by atoms with van der Waals surface area (Å²) >= 11 is 1.79. The van der Waals surface area contributed by atoms with Gasteiger partial charge >= 0.3 is 0 Å². The number of hydrogen-bond donors (Lipinski definition) is 1. The fourth-order valence-electron chi connectivity index (χ4n) is 3.45. The molecule has 0 radical (unpaired) electrons. The molecule has 0 spiro atoms. The zero-order valence-corrected chi connectivity index (χ0v) is 15.3. The van der Waals surface area contributed by atoms with E-state index in [1.807, 2.05) is 31.1 Å². The molecule has 130 valence electrons. The summed E-state index contributed by atoms with van der Waals surface area (Å²) in [6.45, 7) is 1.22. The Labute approximate surface area is 150 Å². The van der Waals surface area contributed by atoms with Gasteiger partial charge in [-0.3, -0.25) is 0 Å². The SMILES string of the molecule is CN(C)Cc1cc(CNc2ncnc3sc4c(c23)CCC4)ccc1F. The smallest absolute Gasteiger partial charge is 0.138 e. The molecule has 3 aromatic rings. The minimum atomic E-state index is -0.155. The molecule has 4 rings (SSSR count). The van der Waals surface area contributed by atoms with Gasteiger partial charge in [-0.25, -0.2) is 14.4 Å². The molecule has 0 amide bonds. The molecular weight excluding hydrogens is 335 g/mol. The van der Waals surface area contributed by atoms with Crippen molar-refractivity contribution in [2.45, 2.75) is 32.4 Å². The van der Waals surface area contributed by atoms with Gasteiger partial charge in [-0.2, -0.15) is 0 Å². The molecule has 1 aliphatic carbocycles. The Morgan fingerprint density at radius 1 is 1.24 bits per heavy atom. The molecule has 0 fully saturated rings. The predicted molar refractivity (Wildman–Crippen MR) is 101 cm³/mol. The van der Waals surface area contributed by atoms with Crippen LogP contribution >= 0.6 is 11.3 Å². The third-order valence-electron chi connectivity index (χ3n) is 4.56. The molecule has 25 heavy (non-hydrogen) atoms. The summed E-state index contributed by atoms with van der Waals surface area (Å²) in [5, 5.41) is 4.62. The van der Waals surface area contributed by atoms with Crippen molar-refractivity contribution in [3.05, 3.63) is 51.9 Å². The lowest BCUT2D eigenvalue weighted by Gasteiger charge is -2.13. The van der Waals surface area contributed by atoms with E-state index in [9.17, 15) is 4.39 Å². The first-order valence-electron chi connectivity index (χ1n) is 8.53. The third-order valence-corrected chi connectivity index (χ3v) is 5.76. The van der Waals surface area contributed by atoms with Crippen molar-refractivity contribution in [1.82, 2.24) is 14.9 Å². The van der Waals surface area contributed by atoms with Crippen LogP contribution in [-0.2, 0) is 25.9 Å². The monoisotopic (exact) mass is 356 g/mol. The highest BCUT2D eigenvalue weighted by atomic mass is 32.1. The van der Waals surface area contributed by atoms with Gasteiger partial charge in [0.25, 0.3) is 0 Å². The number of fused-ring (bicyclic) bond motifs is 3. The zero-order valence-electron chi connectivity index (χ0n) is 14.5. The molecule has 0 saturated carbocycles. The second kappa shape index (κ2) is 6.69. The fourth-order valence-corrected chi connectivity index (χ4v) is 4.68. The van der Waals surface area contributed by atoms with Crippen LogP contribution in [0.3, 0.4) is 0 Å². The average molecular weight is 356 g/mol. The van der Waals surface area contributed by atoms with E-state index < -0.39 is 0 Å². The summed E-state index contributed by atoms with van der Waals surface area (Å²) in [6, 6.07) is 5.31. The number of aromatic nitrogens is 2. The van der Waals surface area contributed by atoms with Crippen LogP contribution < -0.4 is 5.32 Å². The lowest BCUT2D eigenvalue weighted by atomic mass is 10.1. The molecule has 0 aliphatic heterocycles. The first kappa shape index (κ1) is 16.4. The highest BCUT2D eigenvalue weighted by Gasteiger charge is 2.21. The number of nitrogens with one attached hydrogen (secondary N) is 1. The summed E-state index contributed by atoms with van der Waals surface area (Å²) in [5.41, 5.74) is 3.18. The molecule has 1 aliphatic rings. The zero-order chi connectivity index (χ0) is 17.4. The number of anilines is 1. The molecule has 2 aromatic heterocycles. The Morgan fingerprint density at radius 2 is 2.12 bits per heavy atom. The van der Waals surface area contributed by atoms with Gasteiger partial charge in [0.1, 0.15) is 22.8 Å². The quantitative estimate of drug-likeness (QED) is 0.750. The van der Waals surface area contributed by atoms with Crippen molar-refractivity contribution in [3.8, 4) is 0 Å². The molecule has 6 heteroatoms. The van der Waals surface area contributed by atoms with E-state index in [1.165, 1.54) is 22.2 Å². The van der Waals surface area contributed by atoms with Gasteiger partial charge in [-0.1, -0.05) is 6.07 Å². The maximum atomic E-state index is 13.9. The van der Waals surface area contributed by atoms with Crippen LogP contribution in [0, 0.1) is 5.82 Å². The van der Waals surface area contributed by atoms with E-state index in [-0.39, 0.29) is 5.82 Å². The number of rotatable bonds is 5. The van der Waals surface area contributed by atoms with Gasteiger partial charge in [0.2, 0.25) is 0 Å². The van der Waals surface area contributed by atoms with Crippen molar-refractivity contribution in [1.29, 1.82) is 0 Å². The number of thiophene rings is 1. The highest BCUT2D eigenvalue weighted by molar-refractivity contribution is 7.19. The topological polar surface area (TPSA) is 41.0 Å².